The number of hydrogen-bond acceptors (Lipinski definition) is 1. The van der Waals surface area contributed by atoms with Crippen LogP contribution in [0.5, 0.6) is 0 Å². The maximum absolute atomic E-state index is 4.75. The molecule has 0 aliphatic heterocycles. The Morgan fingerprint density at radius 3 is 0.630 bits per heavy atom. The van der Waals surface area contributed by atoms with Crippen LogP contribution < -0.4 is 4.65 Å². The van der Waals surface area contributed by atoms with E-state index < -0.39 is 16.5 Å². The Morgan fingerprint density at radius 2 is 0.519 bits per heavy atom. The van der Waals surface area contributed by atoms with Crippen LogP contribution in [0.1, 0.15) is 83.1 Å². The summed E-state index contributed by atoms with van der Waals surface area (Å²) in [6.07, 6.45) is 0. The smallest absolute Gasteiger partial charge is 0.119 e. The van der Waals surface area contributed by atoms with E-state index >= 15 is 0 Å². The fourth-order valence-corrected chi connectivity index (χ4v) is 23.4. The van der Waals surface area contributed by atoms with Gasteiger partial charge in [0.15, 0.2) is 0 Å². The second kappa shape index (κ2) is 12.2. The van der Waals surface area contributed by atoms with E-state index in [9.17, 15) is 0 Å². The molecule has 0 spiro atoms. The minimum Gasteiger partial charge on any atom is -0.359 e. The zero-order chi connectivity index (χ0) is 21.4. The molecule has 1 nitrogen and oxygen atoms in total. The average molecular weight is 414 g/mol. The monoisotopic (exact) mass is 413 g/mol. The highest BCUT2D eigenvalue weighted by molar-refractivity contribution is 6.93. The fraction of sp³-hybridized carbons (Fsp3) is 1.00. The molecule has 0 atom stereocenters. The third-order valence-electron chi connectivity index (χ3n) is 5.32. The quantitative estimate of drug-likeness (QED) is 0.282. The van der Waals surface area contributed by atoms with Crippen molar-refractivity contribution in [1.29, 1.82) is 0 Å². The van der Waals surface area contributed by atoms with E-state index in [4.69, 9.17) is 4.65 Å². The third-order valence-corrected chi connectivity index (χ3v) is 19.2. The SMILES string of the molecule is CC(C)C[Si](CC(C)C)(CC(C)C)N[Si](CC(C)C)(CC(C)C)CC(C)C. The van der Waals surface area contributed by atoms with Gasteiger partial charge in [0.2, 0.25) is 0 Å². The molecule has 0 aromatic rings. The highest BCUT2D eigenvalue weighted by Crippen LogP contribution is 2.37. The zero-order valence-corrected chi connectivity index (χ0v) is 23.2. The Hall–Kier alpha value is 0.394. The summed E-state index contributed by atoms with van der Waals surface area (Å²) in [5, 5.41) is 0. The Kier molecular flexibility index (Phi) is 12.3. The fourth-order valence-electron chi connectivity index (χ4n) is 6.06. The number of nitrogens with one attached hydrogen (secondary N) is 1. The first-order valence-corrected chi connectivity index (χ1v) is 17.2. The van der Waals surface area contributed by atoms with Gasteiger partial charge in [0, 0.05) is 0 Å². The minimum absolute atomic E-state index is 0.811. The van der Waals surface area contributed by atoms with Crippen LogP contribution in [0.2, 0.25) is 36.3 Å². The van der Waals surface area contributed by atoms with Crippen LogP contribution in [0.4, 0.5) is 0 Å². The molecule has 0 aliphatic carbocycles. The van der Waals surface area contributed by atoms with Gasteiger partial charge in [0.05, 0.1) is 0 Å². The summed E-state index contributed by atoms with van der Waals surface area (Å²) >= 11 is 0. The molecule has 27 heavy (non-hydrogen) atoms. The van der Waals surface area contributed by atoms with Crippen LogP contribution in [0.25, 0.3) is 0 Å². The van der Waals surface area contributed by atoms with Gasteiger partial charge in [0.1, 0.15) is 16.5 Å². The molecular weight excluding hydrogens is 358 g/mol. The summed E-state index contributed by atoms with van der Waals surface area (Å²) in [6, 6.07) is 8.79. The van der Waals surface area contributed by atoms with Gasteiger partial charge in [-0.25, -0.2) is 0 Å². The standard InChI is InChI=1S/C24H55NSi2/c1-19(2)13-26(14-20(3)4,15-21(5)6)25-27(16-22(7)8,17-23(9)10)18-24(11)12/h19-25H,13-18H2,1-12H3. The van der Waals surface area contributed by atoms with Gasteiger partial charge in [-0.05, 0) is 71.8 Å². The second-order valence-corrected chi connectivity index (χ2v) is 20.8. The average Bonchev–Trinajstić information content (AvgIpc) is 2.30. The maximum Gasteiger partial charge on any atom is 0.119 e. The van der Waals surface area contributed by atoms with Gasteiger partial charge in [0.25, 0.3) is 0 Å². The molecule has 3 heteroatoms. The zero-order valence-electron chi connectivity index (χ0n) is 21.2. The van der Waals surface area contributed by atoms with Gasteiger partial charge in [-0.15, -0.1) is 0 Å². The number of hydrogen-bond donors (Lipinski definition) is 1. The molecule has 0 saturated carbocycles. The van der Waals surface area contributed by atoms with E-state index in [0.29, 0.717) is 0 Å². The van der Waals surface area contributed by atoms with E-state index in [0.717, 1.165) is 35.5 Å². The largest absolute Gasteiger partial charge is 0.359 e. The van der Waals surface area contributed by atoms with Crippen molar-refractivity contribution in [2.75, 3.05) is 0 Å². The Morgan fingerprint density at radius 1 is 0.370 bits per heavy atom. The molecule has 0 radical (unpaired) electrons. The molecule has 0 unspecified atom stereocenters. The van der Waals surface area contributed by atoms with E-state index in [1.165, 1.54) is 36.3 Å². The van der Waals surface area contributed by atoms with Crippen molar-refractivity contribution in [3.63, 3.8) is 0 Å². The lowest BCUT2D eigenvalue weighted by molar-refractivity contribution is 0.613. The summed E-state index contributed by atoms with van der Waals surface area (Å²) in [4.78, 5) is 0. The van der Waals surface area contributed by atoms with Crippen molar-refractivity contribution in [3.05, 3.63) is 0 Å². The highest BCUT2D eigenvalue weighted by Gasteiger charge is 2.45. The van der Waals surface area contributed by atoms with Crippen molar-refractivity contribution < 1.29 is 0 Å². The van der Waals surface area contributed by atoms with Gasteiger partial charge >= 0.3 is 0 Å². The lowest BCUT2D eigenvalue weighted by Crippen LogP contribution is -2.67. The molecule has 1 N–H and O–H groups in total. The third kappa shape index (κ3) is 11.9. The number of rotatable bonds is 14. The molecule has 0 aromatic carbocycles. The van der Waals surface area contributed by atoms with Crippen LogP contribution in [-0.4, -0.2) is 16.5 Å². The lowest BCUT2D eigenvalue weighted by Gasteiger charge is -2.48. The van der Waals surface area contributed by atoms with Crippen molar-refractivity contribution in [2.45, 2.75) is 119 Å². The van der Waals surface area contributed by atoms with Crippen LogP contribution in [0.15, 0.2) is 0 Å². The van der Waals surface area contributed by atoms with Crippen LogP contribution >= 0.6 is 0 Å². The maximum atomic E-state index is 4.75. The predicted octanol–water partition coefficient (Wildman–Crippen LogP) is 8.40. The molecule has 0 rings (SSSR count). The van der Waals surface area contributed by atoms with E-state index in [1.54, 1.807) is 0 Å². The van der Waals surface area contributed by atoms with E-state index in [2.05, 4.69) is 83.1 Å². The Bertz CT molecular complexity index is 297. The van der Waals surface area contributed by atoms with Crippen molar-refractivity contribution >= 4 is 16.5 Å². The minimum atomic E-state index is -1.51. The van der Waals surface area contributed by atoms with E-state index in [1.807, 2.05) is 0 Å². The lowest BCUT2D eigenvalue weighted by atomic mass is 10.2. The first-order valence-electron chi connectivity index (χ1n) is 12.0. The van der Waals surface area contributed by atoms with Crippen LogP contribution in [-0.2, 0) is 0 Å². The van der Waals surface area contributed by atoms with Crippen molar-refractivity contribution in [2.24, 2.45) is 35.5 Å². The summed E-state index contributed by atoms with van der Waals surface area (Å²) in [6.45, 7) is 29.5. The molecule has 164 valence electrons. The second-order valence-electron chi connectivity index (χ2n) is 12.3. The van der Waals surface area contributed by atoms with E-state index in [-0.39, 0.29) is 0 Å². The molecule has 0 bridgehead atoms. The first-order chi connectivity index (χ1) is 12.2. The first kappa shape index (κ1) is 27.4. The molecule has 0 saturated heterocycles. The van der Waals surface area contributed by atoms with Gasteiger partial charge in [-0.3, -0.25) is 0 Å². The van der Waals surface area contributed by atoms with Crippen molar-refractivity contribution in [1.82, 2.24) is 4.65 Å². The summed E-state index contributed by atoms with van der Waals surface area (Å²) in [5.74, 6) is 4.86. The predicted molar refractivity (Wildman–Crippen MR) is 133 cm³/mol. The highest BCUT2D eigenvalue weighted by atomic mass is 28.4. The van der Waals surface area contributed by atoms with Crippen LogP contribution in [0.3, 0.4) is 0 Å². The normalized spacial score (nSPS) is 14.0. The molecule has 0 fully saturated rings. The topological polar surface area (TPSA) is 12.0 Å². The van der Waals surface area contributed by atoms with Gasteiger partial charge in [-0.1, -0.05) is 83.1 Å². The Labute approximate surface area is 176 Å². The van der Waals surface area contributed by atoms with Crippen molar-refractivity contribution in [3.8, 4) is 0 Å². The molecule has 0 amide bonds. The molecule has 0 heterocycles. The molecule has 0 aromatic heterocycles. The summed E-state index contributed by atoms with van der Waals surface area (Å²) in [7, 11) is -3.02. The summed E-state index contributed by atoms with van der Waals surface area (Å²) in [5.41, 5.74) is 0. The molecule has 0 aliphatic rings. The Balaban J connectivity index is 6.14. The van der Waals surface area contributed by atoms with Gasteiger partial charge in [-0.2, -0.15) is 0 Å². The van der Waals surface area contributed by atoms with Crippen LogP contribution in [0, 0.1) is 35.5 Å². The molecular formula is C24H55NSi2. The summed E-state index contributed by atoms with van der Waals surface area (Å²) < 4.78 is 4.75. The van der Waals surface area contributed by atoms with Gasteiger partial charge < -0.3 is 4.65 Å².